The fraction of sp³-hybridized carbons (Fsp3) is 0.714. The van der Waals surface area contributed by atoms with Crippen molar-refractivity contribution in [3.05, 3.63) is 23.7 Å². The summed E-state index contributed by atoms with van der Waals surface area (Å²) >= 11 is 0. The van der Waals surface area contributed by atoms with E-state index in [9.17, 15) is 0 Å². The van der Waals surface area contributed by atoms with Crippen LogP contribution in [0.2, 0.25) is 0 Å². The van der Waals surface area contributed by atoms with Crippen molar-refractivity contribution in [2.45, 2.75) is 39.8 Å². The quantitative estimate of drug-likeness (QED) is 0.871. The zero-order valence-electron chi connectivity index (χ0n) is 11.3. The number of nitrogens with one attached hydrogen (secondary N) is 1. The highest BCUT2D eigenvalue weighted by Crippen LogP contribution is 2.30. The summed E-state index contributed by atoms with van der Waals surface area (Å²) in [7, 11) is 1.94. The summed E-state index contributed by atoms with van der Waals surface area (Å²) < 4.78 is 5.77. The highest BCUT2D eigenvalue weighted by Gasteiger charge is 2.25. The van der Waals surface area contributed by atoms with Gasteiger partial charge in [0.05, 0.1) is 13.1 Å². The lowest BCUT2D eigenvalue weighted by Crippen LogP contribution is -2.36. The van der Waals surface area contributed by atoms with Crippen molar-refractivity contribution in [1.29, 1.82) is 0 Å². The summed E-state index contributed by atoms with van der Waals surface area (Å²) in [4.78, 5) is 2.49. The fourth-order valence-electron chi connectivity index (χ4n) is 2.31. The first-order valence-corrected chi connectivity index (χ1v) is 6.54. The Morgan fingerprint density at radius 1 is 1.24 bits per heavy atom. The Kier molecular flexibility index (Phi) is 3.89. The van der Waals surface area contributed by atoms with Gasteiger partial charge in [0.1, 0.15) is 11.5 Å². The minimum absolute atomic E-state index is 0.525. The molecular formula is C14H24N2O. The zero-order chi connectivity index (χ0) is 12.3. The Morgan fingerprint density at radius 2 is 1.88 bits per heavy atom. The molecule has 0 radical (unpaired) electrons. The Labute approximate surface area is 104 Å². The van der Waals surface area contributed by atoms with Crippen LogP contribution >= 0.6 is 0 Å². The van der Waals surface area contributed by atoms with Crippen LogP contribution in [0.15, 0.2) is 16.5 Å². The number of likely N-dealkylation sites (tertiary alicyclic amines) is 1. The van der Waals surface area contributed by atoms with Crippen molar-refractivity contribution in [2.75, 3.05) is 20.1 Å². The molecule has 1 fully saturated rings. The largest absolute Gasteiger partial charge is 0.463 e. The van der Waals surface area contributed by atoms with E-state index in [1.165, 1.54) is 25.9 Å². The zero-order valence-corrected chi connectivity index (χ0v) is 11.3. The molecule has 1 N–H and O–H groups in total. The molecule has 1 aliphatic rings. The van der Waals surface area contributed by atoms with Crippen LogP contribution in [-0.2, 0) is 13.1 Å². The van der Waals surface area contributed by atoms with Crippen LogP contribution in [0, 0.1) is 5.41 Å². The molecule has 1 saturated heterocycles. The minimum atomic E-state index is 0.525. The number of nitrogens with zero attached hydrogens (tertiary/aromatic N) is 1. The molecule has 1 aromatic heterocycles. The van der Waals surface area contributed by atoms with Crippen molar-refractivity contribution >= 4 is 0 Å². The number of hydrogen-bond acceptors (Lipinski definition) is 3. The first-order chi connectivity index (χ1) is 8.09. The monoisotopic (exact) mass is 236 g/mol. The van der Waals surface area contributed by atoms with Gasteiger partial charge in [-0.3, -0.25) is 4.90 Å². The van der Waals surface area contributed by atoms with Gasteiger partial charge >= 0.3 is 0 Å². The van der Waals surface area contributed by atoms with Crippen LogP contribution in [0.4, 0.5) is 0 Å². The molecule has 0 amide bonds. The molecule has 0 bridgehead atoms. The van der Waals surface area contributed by atoms with Crippen LogP contribution in [0.5, 0.6) is 0 Å². The van der Waals surface area contributed by atoms with E-state index < -0.39 is 0 Å². The lowest BCUT2D eigenvalue weighted by Gasteiger charge is -2.36. The van der Waals surface area contributed by atoms with Gasteiger partial charge < -0.3 is 9.73 Å². The van der Waals surface area contributed by atoms with Crippen LogP contribution in [-0.4, -0.2) is 25.0 Å². The summed E-state index contributed by atoms with van der Waals surface area (Å²) in [6.45, 7) is 8.88. The van der Waals surface area contributed by atoms with Gasteiger partial charge in [-0.15, -0.1) is 0 Å². The van der Waals surface area contributed by atoms with E-state index in [1.54, 1.807) is 0 Å². The standard InChI is InChI=1S/C14H24N2O/c1-14(2)6-8-16(9-7-14)11-13-5-4-12(17-13)10-15-3/h4-5,15H,6-11H2,1-3H3. The smallest absolute Gasteiger partial charge is 0.118 e. The van der Waals surface area contributed by atoms with Gasteiger partial charge in [-0.05, 0) is 50.5 Å². The third kappa shape index (κ3) is 3.58. The predicted molar refractivity (Wildman–Crippen MR) is 69.8 cm³/mol. The van der Waals surface area contributed by atoms with E-state index in [0.717, 1.165) is 24.6 Å². The van der Waals surface area contributed by atoms with Gasteiger partial charge in [0.2, 0.25) is 0 Å². The van der Waals surface area contributed by atoms with E-state index in [2.05, 4.69) is 36.2 Å². The fourth-order valence-corrected chi connectivity index (χ4v) is 2.31. The van der Waals surface area contributed by atoms with Gasteiger partial charge in [0, 0.05) is 0 Å². The third-order valence-corrected chi connectivity index (χ3v) is 3.66. The van der Waals surface area contributed by atoms with Crippen molar-refractivity contribution in [3.63, 3.8) is 0 Å². The molecule has 3 nitrogen and oxygen atoms in total. The molecule has 0 saturated carbocycles. The highest BCUT2D eigenvalue weighted by molar-refractivity contribution is 5.07. The molecule has 0 spiro atoms. The van der Waals surface area contributed by atoms with Gasteiger partial charge in [-0.25, -0.2) is 0 Å². The van der Waals surface area contributed by atoms with Crippen LogP contribution in [0.1, 0.15) is 38.2 Å². The average molecular weight is 236 g/mol. The second kappa shape index (κ2) is 5.23. The van der Waals surface area contributed by atoms with Crippen LogP contribution in [0.25, 0.3) is 0 Å². The maximum absolute atomic E-state index is 5.77. The molecule has 1 aromatic rings. The van der Waals surface area contributed by atoms with Gasteiger partial charge in [0.15, 0.2) is 0 Å². The second-order valence-electron chi connectivity index (χ2n) is 5.84. The normalized spacial score (nSPS) is 20.6. The van der Waals surface area contributed by atoms with E-state index in [1.807, 2.05) is 7.05 Å². The molecule has 0 unspecified atom stereocenters. The number of furan rings is 1. The maximum Gasteiger partial charge on any atom is 0.118 e. The Balaban J connectivity index is 1.84. The average Bonchev–Trinajstić information content (AvgIpc) is 2.70. The molecule has 2 rings (SSSR count). The van der Waals surface area contributed by atoms with E-state index in [4.69, 9.17) is 4.42 Å². The Morgan fingerprint density at radius 3 is 2.53 bits per heavy atom. The number of rotatable bonds is 4. The Hall–Kier alpha value is -0.800. The minimum Gasteiger partial charge on any atom is -0.463 e. The third-order valence-electron chi connectivity index (χ3n) is 3.66. The number of hydrogen-bond donors (Lipinski definition) is 1. The van der Waals surface area contributed by atoms with Crippen molar-refractivity contribution in [2.24, 2.45) is 5.41 Å². The molecule has 1 aliphatic heterocycles. The van der Waals surface area contributed by atoms with E-state index in [0.29, 0.717) is 5.41 Å². The first kappa shape index (κ1) is 12.7. The molecule has 2 heterocycles. The van der Waals surface area contributed by atoms with Gasteiger partial charge in [-0.1, -0.05) is 13.8 Å². The molecule has 3 heteroatoms. The molecule has 0 aromatic carbocycles. The predicted octanol–water partition coefficient (Wildman–Crippen LogP) is 2.62. The summed E-state index contributed by atoms with van der Waals surface area (Å²) in [5.74, 6) is 2.12. The highest BCUT2D eigenvalue weighted by atomic mass is 16.3. The summed E-state index contributed by atoms with van der Waals surface area (Å²) in [6.07, 6.45) is 2.58. The first-order valence-electron chi connectivity index (χ1n) is 6.54. The molecule has 0 aliphatic carbocycles. The summed E-state index contributed by atoms with van der Waals surface area (Å²) in [5.41, 5.74) is 0.525. The second-order valence-corrected chi connectivity index (χ2v) is 5.84. The van der Waals surface area contributed by atoms with E-state index >= 15 is 0 Å². The number of piperidine rings is 1. The Bertz CT molecular complexity index is 347. The summed E-state index contributed by atoms with van der Waals surface area (Å²) in [6, 6.07) is 4.17. The van der Waals surface area contributed by atoms with Crippen LogP contribution < -0.4 is 5.32 Å². The lowest BCUT2D eigenvalue weighted by molar-refractivity contribution is 0.120. The van der Waals surface area contributed by atoms with Crippen molar-refractivity contribution in [1.82, 2.24) is 10.2 Å². The molecular weight excluding hydrogens is 212 g/mol. The van der Waals surface area contributed by atoms with E-state index in [-0.39, 0.29) is 0 Å². The summed E-state index contributed by atoms with van der Waals surface area (Å²) in [5, 5.41) is 3.10. The van der Waals surface area contributed by atoms with Crippen molar-refractivity contribution in [3.8, 4) is 0 Å². The van der Waals surface area contributed by atoms with Crippen LogP contribution in [0.3, 0.4) is 0 Å². The van der Waals surface area contributed by atoms with Gasteiger partial charge in [-0.2, -0.15) is 0 Å². The molecule has 0 atom stereocenters. The van der Waals surface area contributed by atoms with Gasteiger partial charge in [0.25, 0.3) is 0 Å². The maximum atomic E-state index is 5.77. The topological polar surface area (TPSA) is 28.4 Å². The van der Waals surface area contributed by atoms with Crippen molar-refractivity contribution < 1.29 is 4.42 Å². The molecule has 17 heavy (non-hydrogen) atoms. The molecule has 96 valence electrons. The lowest BCUT2D eigenvalue weighted by atomic mass is 9.83. The SMILES string of the molecule is CNCc1ccc(CN2CCC(C)(C)CC2)o1.